The number of carbonyl (C=O) groups is 1. The van der Waals surface area contributed by atoms with E-state index >= 15 is 0 Å². The lowest BCUT2D eigenvalue weighted by Gasteiger charge is -2.00. The van der Waals surface area contributed by atoms with Crippen molar-refractivity contribution in [1.82, 2.24) is 0 Å². The first-order chi connectivity index (χ1) is 9.86. The van der Waals surface area contributed by atoms with Crippen LogP contribution in [0.3, 0.4) is 0 Å². The molecule has 1 rings (SSSR count). The van der Waals surface area contributed by atoms with Crippen molar-refractivity contribution < 1.29 is 9.53 Å². The van der Waals surface area contributed by atoms with Crippen LogP contribution in [0, 0.1) is 0 Å². The summed E-state index contributed by atoms with van der Waals surface area (Å²) in [6.07, 6.45) is 15.0. The summed E-state index contributed by atoms with van der Waals surface area (Å²) in [6, 6.07) is 7.13. The van der Waals surface area contributed by atoms with Gasteiger partial charge in [-0.15, -0.1) is 0 Å². The van der Waals surface area contributed by atoms with Crippen LogP contribution in [0.4, 0.5) is 0 Å². The average Bonchev–Trinajstić information content (AvgIpc) is 2.50. The molecule has 0 aliphatic heterocycles. The number of carbonyl (C=O) groups excluding carboxylic acids is 1. The average molecular weight is 274 g/mol. The number of benzene rings is 1. The molecule has 0 fully saturated rings. The van der Waals surface area contributed by atoms with Gasteiger partial charge >= 0.3 is 0 Å². The van der Waals surface area contributed by atoms with Crippen LogP contribution in [0.25, 0.3) is 0 Å². The molecule has 2 heteroatoms. The number of hydrogen-bond donors (Lipinski definition) is 0. The molecule has 0 spiro atoms. The lowest BCUT2D eigenvalue weighted by Crippen LogP contribution is -1.84. The van der Waals surface area contributed by atoms with E-state index in [1.807, 2.05) is 12.1 Å². The fourth-order valence-corrected chi connectivity index (χ4v) is 2.04. The first-order valence-corrected chi connectivity index (χ1v) is 7.73. The minimum absolute atomic E-state index is 0.671. The zero-order chi connectivity index (χ0) is 14.5. The van der Waals surface area contributed by atoms with Crippen LogP contribution in [-0.4, -0.2) is 6.29 Å². The standard InChI is InChI=1S/C18H26O2/c1-2-3-4-5-6-7-8-9-10-15-20-18-13-11-17(16-19)12-14-18/h10-16H,2-9H2,1H3/b15-10+. The molecule has 0 aliphatic rings. The van der Waals surface area contributed by atoms with Gasteiger partial charge in [0.25, 0.3) is 0 Å². The highest BCUT2D eigenvalue weighted by Crippen LogP contribution is 2.12. The van der Waals surface area contributed by atoms with Gasteiger partial charge in [0.05, 0.1) is 6.26 Å². The van der Waals surface area contributed by atoms with Crippen LogP contribution in [0.2, 0.25) is 0 Å². The zero-order valence-electron chi connectivity index (χ0n) is 12.5. The van der Waals surface area contributed by atoms with Crippen LogP contribution in [0.5, 0.6) is 5.75 Å². The van der Waals surface area contributed by atoms with Crippen molar-refractivity contribution in [2.45, 2.75) is 58.3 Å². The largest absolute Gasteiger partial charge is 0.465 e. The van der Waals surface area contributed by atoms with Crippen molar-refractivity contribution in [2.75, 3.05) is 0 Å². The van der Waals surface area contributed by atoms with Gasteiger partial charge in [-0.05, 0) is 43.2 Å². The Bertz CT molecular complexity index is 379. The molecule has 1 aromatic carbocycles. The van der Waals surface area contributed by atoms with Crippen molar-refractivity contribution in [1.29, 1.82) is 0 Å². The van der Waals surface area contributed by atoms with Gasteiger partial charge in [0, 0.05) is 5.56 Å². The second-order valence-electron chi connectivity index (χ2n) is 5.09. The normalized spacial score (nSPS) is 10.8. The van der Waals surface area contributed by atoms with Crippen molar-refractivity contribution in [3.63, 3.8) is 0 Å². The summed E-state index contributed by atoms with van der Waals surface area (Å²) < 4.78 is 5.47. The minimum Gasteiger partial charge on any atom is -0.465 e. The monoisotopic (exact) mass is 274 g/mol. The molecule has 2 nitrogen and oxygen atoms in total. The van der Waals surface area contributed by atoms with Crippen molar-refractivity contribution in [2.24, 2.45) is 0 Å². The van der Waals surface area contributed by atoms with Gasteiger partial charge < -0.3 is 4.74 Å². The highest BCUT2D eigenvalue weighted by atomic mass is 16.5. The smallest absolute Gasteiger partial charge is 0.150 e. The number of unbranched alkanes of at least 4 members (excludes halogenated alkanes) is 7. The van der Waals surface area contributed by atoms with Gasteiger partial charge in [-0.1, -0.05) is 45.4 Å². The number of hydrogen-bond acceptors (Lipinski definition) is 2. The Hall–Kier alpha value is -1.57. The molecule has 0 saturated heterocycles. The fourth-order valence-electron chi connectivity index (χ4n) is 2.04. The van der Waals surface area contributed by atoms with E-state index in [-0.39, 0.29) is 0 Å². The fraction of sp³-hybridized carbons (Fsp3) is 0.500. The van der Waals surface area contributed by atoms with E-state index in [0.29, 0.717) is 5.56 Å². The molecular weight excluding hydrogens is 248 g/mol. The van der Waals surface area contributed by atoms with Gasteiger partial charge in [0.1, 0.15) is 12.0 Å². The molecule has 0 N–H and O–H groups in total. The maximum atomic E-state index is 10.5. The molecule has 0 amide bonds. The number of allylic oxidation sites excluding steroid dienone is 1. The Labute approximate surface area is 122 Å². The summed E-state index contributed by atoms with van der Waals surface area (Å²) >= 11 is 0. The predicted octanol–water partition coefficient (Wildman–Crippen LogP) is 5.53. The van der Waals surface area contributed by atoms with Gasteiger partial charge in [0.2, 0.25) is 0 Å². The van der Waals surface area contributed by atoms with Crippen molar-refractivity contribution in [3.8, 4) is 5.75 Å². The van der Waals surface area contributed by atoms with E-state index in [1.54, 1.807) is 18.4 Å². The Morgan fingerprint density at radius 1 is 0.950 bits per heavy atom. The van der Waals surface area contributed by atoms with Crippen molar-refractivity contribution >= 4 is 6.29 Å². The summed E-state index contributed by atoms with van der Waals surface area (Å²) in [6.45, 7) is 2.25. The van der Waals surface area contributed by atoms with E-state index in [9.17, 15) is 4.79 Å². The van der Waals surface area contributed by atoms with E-state index < -0.39 is 0 Å². The lowest BCUT2D eigenvalue weighted by atomic mass is 10.1. The first kappa shape index (κ1) is 16.5. The van der Waals surface area contributed by atoms with Gasteiger partial charge in [-0.25, -0.2) is 0 Å². The quantitative estimate of drug-likeness (QED) is 0.301. The third-order valence-electron chi connectivity index (χ3n) is 3.29. The number of rotatable bonds is 11. The van der Waals surface area contributed by atoms with Crippen LogP contribution in [-0.2, 0) is 0 Å². The highest BCUT2D eigenvalue weighted by Gasteiger charge is 1.92. The second-order valence-corrected chi connectivity index (χ2v) is 5.09. The number of aldehydes is 1. The molecule has 20 heavy (non-hydrogen) atoms. The maximum absolute atomic E-state index is 10.5. The second kappa shape index (κ2) is 11.3. The minimum atomic E-state index is 0.671. The van der Waals surface area contributed by atoms with Crippen LogP contribution >= 0.6 is 0 Å². The van der Waals surface area contributed by atoms with Crippen molar-refractivity contribution in [3.05, 3.63) is 42.2 Å². The summed E-state index contributed by atoms with van der Waals surface area (Å²) in [7, 11) is 0. The molecule has 110 valence electrons. The third kappa shape index (κ3) is 7.78. The third-order valence-corrected chi connectivity index (χ3v) is 3.29. The van der Waals surface area contributed by atoms with E-state index in [2.05, 4.69) is 13.0 Å². The van der Waals surface area contributed by atoms with E-state index in [1.165, 1.54) is 44.9 Å². The molecule has 0 aliphatic carbocycles. The predicted molar refractivity (Wildman–Crippen MR) is 84.2 cm³/mol. The zero-order valence-corrected chi connectivity index (χ0v) is 12.5. The summed E-state index contributed by atoms with van der Waals surface area (Å²) in [5.41, 5.74) is 0.671. The van der Waals surface area contributed by atoms with E-state index in [0.717, 1.165) is 18.5 Å². The highest BCUT2D eigenvalue weighted by molar-refractivity contribution is 5.74. The molecule has 0 bridgehead atoms. The van der Waals surface area contributed by atoms with E-state index in [4.69, 9.17) is 4.74 Å². The van der Waals surface area contributed by atoms with Crippen LogP contribution < -0.4 is 4.74 Å². The molecule has 0 heterocycles. The van der Waals surface area contributed by atoms with Gasteiger partial charge in [-0.2, -0.15) is 0 Å². The van der Waals surface area contributed by atoms with Gasteiger partial charge in [-0.3, -0.25) is 4.79 Å². The molecule has 0 saturated carbocycles. The van der Waals surface area contributed by atoms with Gasteiger partial charge in [0.15, 0.2) is 0 Å². The lowest BCUT2D eigenvalue weighted by molar-refractivity contribution is 0.112. The topological polar surface area (TPSA) is 26.3 Å². The Balaban J connectivity index is 2.02. The molecular formula is C18H26O2. The molecule has 0 unspecified atom stereocenters. The van der Waals surface area contributed by atoms with Crippen LogP contribution in [0.15, 0.2) is 36.6 Å². The first-order valence-electron chi connectivity index (χ1n) is 7.73. The summed E-state index contributed by atoms with van der Waals surface area (Å²) in [5.74, 6) is 0.770. The Kier molecular flexibility index (Phi) is 9.29. The SMILES string of the molecule is CCCCCCCCC/C=C/Oc1ccc(C=O)cc1. The number of ether oxygens (including phenoxy) is 1. The van der Waals surface area contributed by atoms with Crippen LogP contribution in [0.1, 0.15) is 68.6 Å². The Morgan fingerprint density at radius 3 is 2.25 bits per heavy atom. The Morgan fingerprint density at radius 2 is 1.60 bits per heavy atom. The molecule has 1 aromatic rings. The summed E-state index contributed by atoms with van der Waals surface area (Å²) in [4.78, 5) is 10.5. The molecule has 0 aromatic heterocycles. The molecule has 0 atom stereocenters. The summed E-state index contributed by atoms with van der Waals surface area (Å²) in [5, 5.41) is 0. The maximum Gasteiger partial charge on any atom is 0.150 e. The molecule has 0 radical (unpaired) electrons.